The number of Topliss-reactive ketones (excluding diaryl/α,β-unsaturated/α-hetero) is 1. The molecule has 3 aliphatic heterocycles. The molecule has 5 atom stereocenters. The Hall–Kier alpha value is -2.59. The third-order valence-electron chi connectivity index (χ3n) is 6.52. The van der Waals surface area contributed by atoms with Crippen LogP contribution < -0.4 is 4.74 Å². The van der Waals surface area contributed by atoms with E-state index in [0.29, 0.717) is 18.4 Å². The molecule has 5 rings (SSSR count). The van der Waals surface area contributed by atoms with Crippen molar-refractivity contribution < 1.29 is 44.2 Å². The van der Waals surface area contributed by atoms with E-state index in [2.05, 4.69) is 0 Å². The minimum absolute atomic E-state index is 0.0246. The van der Waals surface area contributed by atoms with Crippen LogP contribution in [-0.2, 0) is 20.6 Å². The van der Waals surface area contributed by atoms with Crippen LogP contribution in [0.5, 0.6) is 11.5 Å². The number of hydrogen-bond acceptors (Lipinski definition) is 9. The predicted octanol–water partition coefficient (Wildman–Crippen LogP) is 1.85. The van der Waals surface area contributed by atoms with E-state index in [0.717, 1.165) is 0 Å². The van der Waals surface area contributed by atoms with E-state index < -0.39 is 41.6 Å². The molecule has 3 heterocycles. The number of aryl methyl sites for hydroxylation is 1. The highest BCUT2D eigenvalue weighted by molar-refractivity contribution is 6.06. The van der Waals surface area contributed by atoms with Gasteiger partial charge >= 0.3 is 0 Å². The Bertz CT molecular complexity index is 1050. The summed E-state index contributed by atoms with van der Waals surface area (Å²) in [5.41, 5.74) is -1.86. The third-order valence-corrected chi connectivity index (χ3v) is 6.52. The number of aliphatic hydroxyl groups excluding tert-OH is 1. The lowest BCUT2D eigenvalue weighted by atomic mass is 9.77. The first-order valence-electron chi connectivity index (χ1n) is 10.5. The minimum Gasteiger partial charge on any atom is -0.511 e. The highest BCUT2D eigenvalue weighted by atomic mass is 16.8. The van der Waals surface area contributed by atoms with Gasteiger partial charge in [0.1, 0.15) is 40.6 Å². The summed E-state index contributed by atoms with van der Waals surface area (Å²) in [5.74, 6) is -1.87. The molecule has 0 saturated carbocycles. The molecule has 9 nitrogen and oxygen atoms in total. The van der Waals surface area contributed by atoms with E-state index >= 15 is 0 Å². The number of benzene rings is 1. The Morgan fingerprint density at radius 3 is 2.69 bits per heavy atom. The number of methoxy groups -OCH3 is 1. The van der Waals surface area contributed by atoms with Gasteiger partial charge in [-0.3, -0.25) is 4.79 Å². The van der Waals surface area contributed by atoms with Crippen molar-refractivity contribution in [3.63, 3.8) is 0 Å². The molecule has 0 spiro atoms. The molecule has 0 amide bonds. The second kappa shape index (κ2) is 6.95. The lowest BCUT2D eigenvalue weighted by Crippen LogP contribution is -2.43. The molecule has 0 radical (unpaired) electrons. The average molecular weight is 446 g/mol. The van der Waals surface area contributed by atoms with E-state index in [9.17, 15) is 25.2 Å². The Labute approximate surface area is 184 Å². The van der Waals surface area contributed by atoms with Gasteiger partial charge in [-0.15, -0.1) is 0 Å². The number of ether oxygens (including phenoxy) is 4. The highest BCUT2D eigenvalue weighted by Gasteiger charge is 2.62. The van der Waals surface area contributed by atoms with Crippen LogP contribution in [0.15, 0.2) is 35.3 Å². The van der Waals surface area contributed by atoms with Crippen molar-refractivity contribution in [2.45, 2.75) is 63.0 Å². The van der Waals surface area contributed by atoms with E-state index in [1.165, 1.54) is 13.2 Å². The molecule has 1 aromatic rings. The highest BCUT2D eigenvalue weighted by Crippen LogP contribution is 2.53. The molecular formula is C23H26O9. The Morgan fingerprint density at radius 1 is 1.25 bits per heavy atom. The summed E-state index contributed by atoms with van der Waals surface area (Å²) in [7, 11) is 1.44. The summed E-state index contributed by atoms with van der Waals surface area (Å²) in [6, 6.07) is 3.06. The summed E-state index contributed by atoms with van der Waals surface area (Å²) in [5, 5.41) is 42.8. The van der Waals surface area contributed by atoms with Crippen molar-refractivity contribution in [1.82, 2.24) is 0 Å². The van der Waals surface area contributed by atoms with Crippen molar-refractivity contribution in [2.24, 2.45) is 5.92 Å². The number of aliphatic hydroxyl groups is 3. The van der Waals surface area contributed by atoms with Crippen LogP contribution in [0.4, 0.5) is 0 Å². The van der Waals surface area contributed by atoms with Gasteiger partial charge in [-0.2, -0.15) is 0 Å². The SMILES string of the molecule is CO[C@@H]1C[C@@]2(O)C3=C(O)C4C(=O)c5c(O)ccc(CCC(C)(C)O)c5OC4C=C3O[C@H]2O1. The number of ketones is 1. The first-order valence-corrected chi connectivity index (χ1v) is 10.5. The van der Waals surface area contributed by atoms with Crippen molar-refractivity contribution in [3.05, 3.63) is 46.4 Å². The number of aromatic hydroxyl groups is 1. The number of carbonyl (C=O) groups excluding carboxylic acids is 1. The van der Waals surface area contributed by atoms with Gasteiger partial charge in [0.15, 0.2) is 17.7 Å². The maximum atomic E-state index is 13.4. The van der Waals surface area contributed by atoms with Crippen LogP contribution in [0.3, 0.4) is 0 Å². The smallest absolute Gasteiger partial charge is 0.235 e. The topological polar surface area (TPSA) is 135 Å². The molecule has 172 valence electrons. The van der Waals surface area contributed by atoms with E-state index in [-0.39, 0.29) is 40.6 Å². The van der Waals surface area contributed by atoms with Crippen molar-refractivity contribution in [2.75, 3.05) is 7.11 Å². The Morgan fingerprint density at radius 2 is 2.00 bits per heavy atom. The van der Waals surface area contributed by atoms with Crippen LogP contribution in [0.2, 0.25) is 0 Å². The average Bonchev–Trinajstić information content (AvgIpc) is 3.15. The molecule has 0 bridgehead atoms. The zero-order valence-electron chi connectivity index (χ0n) is 18.0. The number of rotatable bonds is 4. The number of fused-ring (bicyclic) bond motifs is 5. The van der Waals surface area contributed by atoms with Crippen molar-refractivity contribution >= 4 is 5.78 Å². The second-order valence-corrected chi connectivity index (χ2v) is 9.36. The van der Waals surface area contributed by atoms with Gasteiger partial charge < -0.3 is 39.4 Å². The number of hydrogen-bond donors (Lipinski definition) is 4. The van der Waals surface area contributed by atoms with Gasteiger partial charge in [-0.25, -0.2) is 0 Å². The lowest BCUT2D eigenvalue weighted by molar-refractivity contribution is -0.191. The predicted molar refractivity (Wildman–Crippen MR) is 109 cm³/mol. The fourth-order valence-corrected chi connectivity index (χ4v) is 4.84. The van der Waals surface area contributed by atoms with Crippen molar-refractivity contribution in [1.29, 1.82) is 0 Å². The van der Waals surface area contributed by atoms with Crippen LogP contribution in [0, 0.1) is 5.92 Å². The summed E-state index contributed by atoms with van der Waals surface area (Å²) in [6.07, 6.45) is -0.272. The monoisotopic (exact) mass is 446 g/mol. The van der Waals surface area contributed by atoms with Gasteiger partial charge in [-0.1, -0.05) is 6.07 Å². The fourth-order valence-electron chi connectivity index (χ4n) is 4.84. The van der Waals surface area contributed by atoms with E-state index in [1.54, 1.807) is 26.0 Å². The van der Waals surface area contributed by atoms with Crippen molar-refractivity contribution in [3.8, 4) is 11.5 Å². The van der Waals surface area contributed by atoms with Gasteiger partial charge in [0.2, 0.25) is 6.29 Å². The first-order chi connectivity index (χ1) is 15.0. The normalized spacial score (nSPS) is 33.0. The van der Waals surface area contributed by atoms with Gasteiger partial charge in [0.05, 0.1) is 11.2 Å². The second-order valence-electron chi connectivity index (χ2n) is 9.36. The molecule has 1 aromatic carbocycles. The molecule has 2 saturated heterocycles. The van der Waals surface area contributed by atoms with Gasteiger partial charge in [0, 0.05) is 13.5 Å². The van der Waals surface area contributed by atoms with Gasteiger partial charge in [-0.05, 0) is 44.4 Å². The molecule has 4 N–H and O–H groups in total. The van der Waals surface area contributed by atoms with Crippen LogP contribution in [0.1, 0.15) is 42.6 Å². The molecule has 0 aromatic heterocycles. The van der Waals surface area contributed by atoms with E-state index in [4.69, 9.17) is 18.9 Å². The quantitative estimate of drug-likeness (QED) is 0.546. The molecule has 4 aliphatic rings. The lowest BCUT2D eigenvalue weighted by Gasteiger charge is -2.36. The standard InChI is InChI=1S/C23H26O9/c1-22(2,27)7-6-10-4-5-11(24)15-18(25)16-12(30-20(10)15)8-13-17(19(16)26)23(28)9-14(29-3)32-21(23)31-13/h4-5,8,12,14,16,21,24,26-28H,6-7,9H2,1-3H3/t12?,14-,16?,21-,23+/m0/s1. The van der Waals surface area contributed by atoms with E-state index in [1.807, 2.05) is 0 Å². The van der Waals surface area contributed by atoms with Crippen LogP contribution >= 0.6 is 0 Å². The Kier molecular flexibility index (Phi) is 4.62. The maximum Gasteiger partial charge on any atom is 0.235 e. The minimum atomic E-state index is -1.67. The largest absolute Gasteiger partial charge is 0.511 e. The Balaban J connectivity index is 1.55. The summed E-state index contributed by atoms with van der Waals surface area (Å²) in [4.78, 5) is 13.4. The molecule has 1 aliphatic carbocycles. The maximum absolute atomic E-state index is 13.4. The molecule has 2 unspecified atom stereocenters. The molecule has 9 heteroatoms. The molecular weight excluding hydrogens is 420 g/mol. The zero-order valence-corrected chi connectivity index (χ0v) is 18.0. The van der Waals surface area contributed by atoms with Gasteiger partial charge in [0.25, 0.3) is 0 Å². The number of carbonyl (C=O) groups is 1. The number of phenolic OH excluding ortho intramolecular Hbond substituents is 1. The number of phenols is 1. The zero-order chi connectivity index (χ0) is 23.0. The summed E-state index contributed by atoms with van der Waals surface area (Å²) >= 11 is 0. The first kappa shape index (κ1) is 21.3. The third kappa shape index (κ3) is 3.03. The van der Waals surface area contributed by atoms with Crippen LogP contribution in [-0.4, -0.2) is 63.2 Å². The molecule has 32 heavy (non-hydrogen) atoms. The molecule has 2 fully saturated rings. The summed E-state index contributed by atoms with van der Waals surface area (Å²) in [6.45, 7) is 3.38. The van der Waals surface area contributed by atoms with Crippen LogP contribution in [0.25, 0.3) is 0 Å². The fraction of sp³-hybridized carbons (Fsp3) is 0.522. The summed E-state index contributed by atoms with van der Waals surface area (Å²) < 4.78 is 22.5.